The number of benzene rings is 1. The SMILES string of the molecule is CCN(c1cc(O[C@H]2C[C@H](N3CC4CC(C3)O4)C2)cc(C(=O)NCc2c(C)cc(C)[nH]c2=O)c1)C1CCOCC1. The van der Waals surface area contributed by atoms with Crippen LogP contribution in [-0.2, 0) is 16.0 Å². The van der Waals surface area contributed by atoms with Crippen LogP contribution in [0.3, 0.4) is 0 Å². The second kappa shape index (κ2) is 11.5. The van der Waals surface area contributed by atoms with Crippen molar-refractivity contribution in [1.29, 1.82) is 0 Å². The molecule has 1 aromatic carbocycles. The summed E-state index contributed by atoms with van der Waals surface area (Å²) in [4.78, 5) is 33.7. The van der Waals surface area contributed by atoms with Gasteiger partial charge in [-0.25, -0.2) is 0 Å². The van der Waals surface area contributed by atoms with E-state index in [2.05, 4.69) is 33.1 Å². The Morgan fingerprint density at radius 2 is 1.82 bits per heavy atom. The predicted octanol–water partition coefficient (Wildman–Crippen LogP) is 3.31. The number of carbonyl (C=O) groups excluding carboxylic acids is 1. The van der Waals surface area contributed by atoms with Crippen molar-refractivity contribution < 1.29 is 19.0 Å². The Morgan fingerprint density at radius 3 is 2.50 bits per heavy atom. The zero-order valence-corrected chi connectivity index (χ0v) is 23.9. The second-order valence-corrected chi connectivity index (χ2v) is 11.9. The van der Waals surface area contributed by atoms with Crippen molar-refractivity contribution in [3.8, 4) is 5.75 Å². The molecule has 2 atom stereocenters. The van der Waals surface area contributed by atoms with Gasteiger partial charge in [0.25, 0.3) is 11.5 Å². The molecule has 4 saturated heterocycles. The summed E-state index contributed by atoms with van der Waals surface area (Å²) in [6.07, 6.45) is 6.10. The number of nitrogens with one attached hydrogen (secondary N) is 2. The van der Waals surface area contributed by atoms with E-state index in [9.17, 15) is 9.59 Å². The number of aromatic nitrogens is 1. The lowest BCUT2D eigenvalue weighted by atomic mass is 9.85. The van der Waals surface area contributed by atoms with E-state index in [0.29, 0.717) is 35.4 Å². The van der Waals surface area contributed by atoms with Gasteiger partial charge < -0.3 is 29.4 Å². The number of H-pyrrole nitrogens is 1. The molecule has 5 heterocycles. The van der Waals surface area contributed by atoms with Crippen LogP contribution in [0, 0.1) is 13.8 Å². The number of anilines is 1. The zero-order chi connectivity index (χ0) is 27.8. The van der Waals surface area contributed by atoms with Gasteiger partial charge in [-0.1, -0.05) is 0 Å². The summed E-state index contributed by atoms with van der Waals surface area (Å²) in [5, 5.41) is 2.98. The third kappa shape index (κ3) is 5.78. The van der Waals surface area contributed by atoms with Crippen molar-refractivity contribution in [2.45, 2.75) is 89.8 Å². The first-order chi connectivity index (χ1) is 19.4. The van der Waals surface area contributed by atoms with Gasteiger partial charge in [0.15, 0.2) is 0 Å². The van der Waals surface area contributed by atoms with Crippen LogP contribution >= 0.6 is 0 Å². The number of aromatic amines is 1. The van der Waals surface area contributed by atoms with Gasteiger partial charge in [-0.15, -0.1) is 0 Å². The molecule has 2 unspecified atom stereocenters. The number of nitrogens with zero attached hydrogens (tertiary/aromatic N) is 2. The van der Waals surface area contributed by atoms with E-state index in [1.54, 1.807) is 0 Å². The third-order valence-corrected chi connectivity index (χ3v) is 9.05. The summed E-state index contributed by atoms with van der Waals surface area (Å²) in [5.41, 5.74) is 3.63. The number of morpholine rings is 1. The number of hydrogen-bond acceptors (Lipinski definition) is 7. The van der Waals surface area contributed by atoms with E-state index in [1.807, 2.05) is 32.0 Å². The molecule has 9 heteroatoms. The van der Waals surface area contributed by atoms with Crippen LogP contribution in [-0.4, -0.2) is 79.0 Å². The molecule has 7 rings (SSSR count). The fourth-order valence-electron chi connectivity index (χ4n) is 6.78. The monoisotopic (exact) mass is 550 g/mol. The summed E-state index contributed by atoms with van der Waals surface area (Å²) < 4.78 is 17.9. The molecule has 2 aromatic rings. The number of amides is 1. The Labute approximate surface area is 236 Å². The average Bonchev–Trinajstić information content (AvgIpc) is 2.90. The van der Waals surface area contributed by atoms with E-state index < -0.39 is 0 Å². The molecule has 4 aliphatic heterocycles. The van der Waals surface area contributed by atoms with Crippen molar-refractivity contribution >= 4 is 11.6 Å². The lowest BCUT2D eigenvalue weighted by Gasteiger charge is -2.52. The standard InChI is InChI=1S/C31H42N4O5/c1-4-35(22-5-7-38-8-6-22)24-10-21(30(36)32-16-29-19(2)9-20(3)33-31(29)37)11-25(14-24)39-26-12-23(13-26)34-17-27-15-28(18-34)40-27/h9-11,14,22-23,26-28H,4-8,12-13,15-18H2,1-3H3,(H,32,36)(H,33,37)/t23-,26-,27?,28?. The van der Waals surface area contributed by atoms with E-state index >= 15 is 0 Å². The normalized spacial score (nSPS) is 26.5. The molecule has 1 amide bonds. The number of aryl methyl sites for hydroxylation is 2. The second-order valence-electron chi connectivity index (χ2n) is 11.9. The van der Waals surface area contributed by atoms with Crippen LogP contribution in [0.4, 0.5) is 5.69 Å². The van der Waals surface area contributed by atoms with Gasteiger partial charge >= 0.3 is 0 Å². The van der Waals surface area contributed by atoms with Crippen molar-refractivity contribution in [3.63, 3.8) is 0 Å². The Bertz CT molecular complexity index is 1270. The van der Waals surface area contributed by atoms with E-state index in [1.165, 1.54) is 6.42 Å². The van der Waals surface area contributed by atoms with E-state index in [4.69, 9.17) is 14.2 Å². The van der Waals surface area contributed by atoms with Crippen LogP contribution in [0.15, 0.2) is 29.1 Å². The number of fused-ring (bicyclic) bond motifs is 2. The third-order valence-electron chi connectivity index (χ3n) is 9.05. The molecule has 1 aliphatic carbocycles. The summed E-state index contributed by atoms with van der Waals surface area (Å²) in [5.74, 6) is 0.513. The summed E-state index contributed by atoms with van der Waals surface area (Å²) in [7, 11) is 0. The summed E-state index contributed by atoms with van der Waals surface area (Å²) in [6, 6.07) is 8.72. The quantitative estimate of drug-likeness (QED) is 0.495. The first kappa shape index (κ1) is 27.3. The van der Waals surface area contributed by atoms with Gasteiger partial charge in [-0.2, -0.15) is 0 Å². The molecule has 1 saturated carbocycles. The number of carbonyl (C=O) groups is 1. The molecular weight excluding hydrogens is 508 g/mol. The molecule has 1 aromatic heterocycles. The van der Waals surface area contributed by atoms with Gasteiger partial charge in [0.05, 0.1) is 12.2 Å². The number of pyridine rings is 1. The lowest BCUT2D eigenvalue weighted by molar-refractivity contribution is -0.196. The van der Waals surface area contributed by atoms with Crippen molar-refractivity contribution in [2.75, 3.05) is 37.7 Å². The van der Waals surface area contributed by atoms with Gasteiger partial charge in [-0.3, -0.25) is 14.5 Å². The minimum Gasteiger partial charge on any atom is -0.490 e. The molecule has 9 nitrogen and oxygen atoms in total. The number of rotatable bonds is 9. The van der Waals surface area contributed by atoms with Crippen LogP contribution in [0.2, 0.25) is 0 Å². The van der Waals surface area contributed by atoms with Gasteiger partial charge in [-0.05, 0) is 57.4 Å². The highest BCUT2D eigenvalue weighted by atomic mass is 16.5. The highest BCUT2D eigenvalue weighted by Gasteiger charge is 2.44. The highest BCUT2D eigenvalue weighted by molar-refractivity contribution is 5.95. The average molecular weight is 551 g/mol. The maximum atomic E-state index is 13.4. The van der Waals surface area contributed by atoms with Crippen LogP contribution in [0.1, 0.15) is 66.2 Å². The lowest BCUT2D eigenvalue weighted by Crippen LogP contribution is -2.62. The predicted molar refractivity (Wildman–Crippen MR) is 153 cm³/mol. The maximum Gasteiger partial charge on any atom is 0.253 e. The van der Waals surface area contributed by atoms with Gasteiger partial charge in [0, 0.05) is 99.3 Å². The summed E-state index contributed by atoms with van der Waals surface area (Å²) >= 11 is 0. The van der Waals surface area contributed by atoms with E-state index in [-0.39, 0.29) is 24.1 Å². The fraction of sp³-hybridized carbons (Fsp3) is 0.613. The molecule has 2 N–H and O–H groups in total. The molecule has 5 aliphatic rings. The number of hydrogen-bond donors (Lipinski definition) is 2. The Hall–Kier alpha value is -2.88. The maximum absolute atomic E-state index is 13.4. The number of ether oxygens (including phenoxy) is 3. The van der Waals surface area contributed by atoms with Crippen LogP contribution < -0.4 is 20.5 Å². The topological polar surface area (TPSA) is 96.1 Å². The first-order valence-corrected chi connectivity index (χ1v) is 14.9. The van der Waals surface area contributed by atoms with Crippen molar-refractivity contribution in [1.82, 2.24) is 15.2 Å². The Morgan fingerprint density at radius 1 is 1.10 bits per heavy atom. The molecule has 5 fully saturated rings. The van der Waals surface area contributed by atoms with Crippen LogP contribution in [0.25, 0.3) is 0 Å². The van der Waals surface area contributed by atoms with Crippen molar-refractivity contribution in [3.05, 3.63) is 57.0 Å². The smallest absolute Gasteiger partial charge is 0.253 e. The zero-order valence-electron chi connectivity index (χ0n) is 23.9. The highest BCUT2D eigenvalue weighted by Crippen LogP contribution is 2.37. The minimum atomic E-state index is -0.215. The van der Waals surface area contributed by atoms with Crippen molar-refractivity contribution in [2.24, 2.45) is 0 Å². The molecule has 0 spiro atoms. The van der Waals surface area contributed by atoms with Gasteiger partial charge in [0.1, 0.15) is 11.9 Å². The first-order valence-electron chi connectivity index (χ1n) is 14.9. The van der Waals surface area contributed by atoms with Gasteiger partial charge in [0.2, 0.25) is 0 Å². The minimum absolute atomic E-state index is 0.141. The molecule has 2 bridgehead atoms. The molecule has 40 heavy (non-hydrogen) atoms. The van der Waals surface area contributed by atoms with E-state index in [0.717, 1.165) is 81.2 Å². The fourth-order valence-corrected chi connectivity index (χ4v) is 6.78. The molecule has 0 radical (unpaired) electrons. The molecular formula is C31H42N4O5. The van der Waals surface area contributed by atoms with Crippen LogP contribution in [0.5, 0.6) is 5.75 Å². The largest absolute Gasteiger partial charge is 0.490 e. The number of piperidine rings is 1. The summed E-state index contributed by atoms with van der Waals surface area (Å²) in [6.45, 7) is 10.5. The Kier molecular flexibility index (Phi) is 7.88. The molecule has 216 valence electrons. The Balaban J connectivity index is 1.18.